The van der Waals surface area contributed by atoms with Crippen LogP contribution in [0.5, 0.6) is 0 Å². The van der Waals surface area contributed by atoms with Gasteiger partial charge in [0.15, 0.2) is 0 Å². The molecule has 1 aromatic rings. The molecule has 0 aliphatic carbocycles. The molecule has 2 N–H and O–H groups in total. The second-order valence-corrected chi connectivity index (χ2v) is 3.76. The Balaban J connectivity index is 2.77. The van der Waals surface area contributed by atoms with E-state index in [-0.39, 0.29) is 12.2 Å². The molecule has 0 saturated heterocycles. The zero-order valence-corrected chi connectivity index (χ0v) is 8.14. The molecular formula is C10H13F2NO. The van der Waals surface area contributed by atoms with Gasteiger partial charge in [-0.15, -0.1) is 0 Å². The minimum Gasteiger partial charge on any atom is -0.389 e. The number of rotatable bonds is 3. The summed E-state index contributed by atoms with van der Waals surface area (Å²) in [5, 5.41) is 11.9. The molecule has 1 aromatic carbocycles. The number of benzene rings is 1. The molecule has 78 valence electrons. The van der Waals surface area contributed by atoms with E-state index in [1.807, 2.05) is 0 Å². The number of anilines is 1. The third-order valence-corrected chi connectivity index (χ3v) is 1.66. The Kier molecular flexibility index (Phi) is 3.06. The highest BCUT2D eigenvalue weighted by Crippen LogP contribution is 2.18. The molecule has 1 rings (SSSR count). The van der Waals surface area contributed by atoms with Gasteiger partial charge in [-0.1, -0.05) is 6.07 Å². The van der Waals surface area contributed by atoms with E-state index < -0.39 is 17.2 Å². The lowest BCUT2D eigenvalue weighted by atomic mass is 10.1. The van der Waals surface area contributed by atoms with Gasteiger partial charge in [0, 0.05) is 6.54 Å². The van der Waals surface area contributed by atoms with Crippen molar-refractivity contribution >= 4 is 5.69 Å². The Bertz CT molecular complexity index is 300. The lowest BCUT2D eigenvalue weighted by Crippen LogP contribution is -2.29. The number of hydrogen-bond donors (Lipinski definition) is 2. The van der Waals surface area contributed by atoms with E-state index in [2.05, 4.69) is 5.32 Å². The molecular weight excluding hydrogens is 188 g/mol. The van der Waals surface area contributed by atoms with Crippen LogP contribution in [0.4, 0.5) is 14.5 Å². The smallest absolute Gasteiger partial charge is 0.149 e. The SMILES string of the molecule is CC(C)(O)CNc1c(F)cccc1F. The van der Waals surface area contributed by atoms with Crippen molar-refractivity contribution in [2.75, 3.05) is 11.9 Å². The summed E-state index contributed by atoms with van der Waals surface area (Å²) in [4.78, 5) is 0. The third-order valence-electron chi connectivity index (χ3n) is 1.66. The van der Waals surface area contributed by atoms with Crippen molar-refractivity contribution in [1.82, 2.24) is 0 Å². The van der Waals surface area contributed by atoms with Crippen molar-refractivity contribution < 1.29 is 13.9 Å². The molecule has 0 atom stereocenters. The first-order chi connectivity index (χ1) is 6.40. The predicted molar refractivity (Wildman–Crippen MR) is 51.1 cm³/mol. The Morgan fingerprint density at radius 2 is 1.79 bits per heavy atom. The summed E-state index contributed by atoms with van der Waals surface area (Å²) in [6.07, 6.45) is 0. The third kappa shape index (κ3) is 2.96. The monoisotopic (exact) mass is 201 g/mol. The van der Waals surface area contributed by atoms with E-state index in [1.165, 1.54) is 6.07 Å². The molecule has 0 spiro atoms. The van der Waals surface area contributed by atoms with Crippen LogP contribution in [0.1, 0.15) is 13.8 Å². The largest absolute Gasteiger partial charge is 0.389 e. The maximum atomic E-state index is 13.0. The van der Waals surface area contributed by atoms with E-state index in [9.17, 15) is 13.9 Å². The molecule has 0 saturated carbocycles. The maximum absolute atomic E-state index is 13.0. The fourth-order valence-electron chi connectivity index (χ4n) is 0.971. The molecule has 0 heterocycles. The Morgan fingerprint density at radius 3 is 2.21 bits per heavy atom. The molecule has 0 bridgehead atoms. The maximum Gasteiger partial charge on any atom is 0.149 e. The number of para-hydroxylation sites is 1. The fraction of sp³-hybridized carbons (Fsp3) is 0.400. The first kappa shape index (κ1) is 10.9. The molecule has 4 heteroatoms. The lowest BCUT2D eigenvalue weighted by molar-refractivity contribution is 0.0944. The molecule has 0 aromatic heterocycles. The van der Waals surface area contributed by atoms with Crippen molar-refractivity contribution in [3.05, 3.63) is 29.8 Å². The van der Waals surface area contributed by atoms with Gasteiger partial charge in [0.25, 0.3) is 0 Å². The van der Waals surface area contributed by atoms with Crippen LogP contribution in [0, 0.1) is 11.6 Å². The zero-order valence-electron chi connectivity index (χ0n) is 8.14. The molecule has 0 aliphatic rings. The van der Waals surface area contributed by atoms with Crippen molar-refractivity contribution in [2.45, 2.75) is 19.4 Å². The van der Waals surface area contributed by atoms with Gasteiger partial charge < -0.3 is 10.4 Å². The van der Waals surface area contributed by atoms with Gasteiger partial charge in [0.1, 0.15) is 17.3 Å². The minimum absolute atomic E-state index is 0.0881. The van der Waals surface area contributed by atoms with Crippen molar-refractivity contribution in [2.24, 2.45) is 0 Å². The summed E-state index contributed by atoms with van der Waals surface area (Å²) < 4.78 is 26.1. The lowest BCUT2D eigenvalue weighted by Gasteiger charge is -2.18. The van der Waals surface area contributed by atoms with E-state index >= 15 is 0 Å². The van der Waals surface area contributed by atoms with Crippen LogP contribution in [-0.2, 0) is 0 Å². The number of halogens is 2. The van der Waals surface area contributed by atoms with Crippen LogP contribution in [0.15, 0.2) is 18.2 Å². The topological polar surface area (TPSA) is 32.3 Å². The molecule has 0 unspecified atom stereocenters. The van der Waals surface area contributed by atoms with Crippen LogP contribution in [-0.4, -0.2) is 17.3 Å². The standard InChI is InChI=1S/C10H13F2NO/c1-10(2,14)6-13-9-7(11)4-3-5-8(9)12/h3-5,13-14H,6H2,1-2H3. The van der Waals surface area contributed by atoms with Gasteiger partial charge in [0.05, 0.1) is 5.60 Å². The fourth-order valence-corrected chi connectivity index (χ4v) is 0.971. The summed E-state index contributed by atoms with van der Waals surface area (Å²) in [6.45, 7) is 3.20. The first-order valence-corrected chi connectivity index (χ1v) is 4.30. The molecule has 14 heavy (non-hydrogen) atoms. The van der Waals surface area contributed by atoms with E-state index in [1.54, 1.807) is 13.8 Å². The van der Waals surface area contributed by atoms with Crippen molar-refractivity contribution in [3.8, 4) is 0 Å². The van der Waals surface area contributed by atoms with Gasteiger partial charge in [0.2, 0.25) is 0 Å². The van der Waals surface area contributed by atoms with Crippen molar-refractivity contribution in [1.29, 1.82) is 0 Å². The second-order valence-electron chi connectivity index (χ2n) is 3.76. The average molecular weight is 201 g/mol. The predicted octanol–water partition coefficient (Wildman–Crippen LogP) is 2.15. The van der Waals surface area contributed by atoms with Crippen LogP contribution in [0.2, 0.25) is 0 Å². The van der Waals surface area contributed by atoms with Gasteiger partial charge in [-0.3, -0.25) is 0 Å². The highest BCUT2D eigenvalue weighted by Gasteiger charge is 2.14. The van der Waals surface area contributed by atoms with Gasteiger partial charge in [-0.25, -0.2) is 8.78 Å². The summed E-state index contributed by atoms with van der Waals surface area (Å²) in [5.41, 5.74) is -1.20. The van der Waals surface area contributed by atoms with E-state index in [4.69, 9.17) is 0 Å². The minimum atomic E-state index is -1.01. The first-order valence-electron chi connectivity index (χ1n) is 4.30. The molecule has 2 nitrogen and oxygen atoms in total. The van der Waals surface area contributed by atoms with E-state index in [0.29, 0.717) is 0 Å². The number of aliphatic hydroxyl groups is 1. The molecule has 0 fully saturated rings. The normalized spacial score (nSPS) is 11.5. The number of nitrogens with one attached hydrogen (secondary N) is 1. The number of hydrogen-bond acceptors (Lipinski definition) is 2. The molecule has 0 amide bonds. The summed E-state index contributed by atoms with van der Waals surface area (Å²) in [7, 11) is 0. The quantitative estimate of drug-likeness (QED) is 0.785. The van der Waals surface area contributed by atoms with Gasteiger partial charge >= 0.3 is 0 Å². The van der Waals surface area contributed by atoms with Crippen LogP contribution in [0.25, 0.3) is 0 Å². The van der Waals surface area contributed by atoms with E-state index in [0.717, 1.165) is 12.1 Å². The Labute approximate surface area is 81.6 Å². The highest BCUT2D eigenvalue weighted by molar-refractivity contribution is 5.46. The summed E-state index contributed by atoms with van der Waals surface area (Å²) in [5.74, 6) is -1.32. The molecule has 0 radical (unpaired) electrons. The summed E-state index contributed by atoms with van der Waals surface area (Å²) >= 11 is 0. The van der Waals surface area contributed by atoms with Crippen LogP contribution in [0.3, 0.4) is 0 Å². The van der Waals surface area contributed by atoms with Gasteiger partial charge in [-0.2, -0.15) is 0 Å². The Hall–Kier alpha value is -1.16. The Morgan fingerprint density at radius 1 is 1.29 bits per heavy atom. The second kappa shape index (κ2) is 3.92. The summed E-state index contributed by atoms with van der Waals surface area (Å²) in [6, 6.07) is 3.62. The highest BCUT2D eigenvalue weighted by atomic mass is 19.1. The van der Waals surface area contributed by atoms with Crippen LogP contribution < -0.4 is 5.32 Å². The van der Waals surface area contributed by atoms with Crippen LogP contribution >= 0.6 is 0 Å². The zero-order chi connectivity index (χ0) is 10.8. The van der Waals surface area contributed by atoms with Crippen molar-refractivity contribution in [3.63, 3.8) is 0 Å². The van der Waals surface area contributed by atoms with Gasteiger partial charge in [-0.05, 0) is 26.0 Å². The average Bonchev–Trinajstić information content (AvgIpc) is 2.01. The molecule has 0 aliphatic heterocycles.